The first kappa shape index (κ1) is 7.92. The maximum Gasteiger partial charge on any atom is 0.102 e. The smallest absolute Gasteiger partial charge is 0.102 e. The van der Waals surface area contributed by atoms with Crippen LogP contribution in [-0.4, -0.2) is 37.8 Å². The van der Waals surface area contributed by atoms with Gasteiger partial charge in [-0.2, -0.15) is 0 Å². The molecule has 0 atom stereocenters. The second-order valence-corrected chi connectivity index (χ2v) is 3.18. The Hall–Kier alpha value is -0.700. The highest BCUT2D eigenvalue weighted by molar-refractivity contribution is 5.00. The van der Waals surface area contributed by atoms with Gasteiger partial charge in [-0.25, -0.2) is 0 Å². The van der Waals surface area contributed by atoms with Crippen LogP contribution in [0.25, 0.3) is 0 Å². The van der Waals surface area contributed by atoms with E-state index in [1.807, 2.05) is 6.26 Å². The van der Waals surface area contributed by atoms with Gasteiger partial charge in [0, 0.05) is 18.8 Å². The normalized spacial score (nSPS) is 24.7. The van der Waals surface area contributed by atoms with Crippen LogP contribution in [0.2, 0.25) is 0 Å². The van der Waals surface area contributed by atoms with E-state index in [1.165, 1.54) is 12.1 Å². The summed E-state index contributed by atoms with van der Waals surface area (Å²) in [5.41, 5.74) is 1.35. The average Bonchev–Trinajstić information content (AvgIpc) is 2.21. The highest BCUT2D eigenvalue weighted by Crippen LogP contribution is 2.17. The van der Waals surface area contributed by atoms with Crippen molar-refractivity contribution < 1.29 is 9.47 Å². The molecule has 2 aliphatic rings. The second kappa shape index (κ2) is 3.81. The lowest BCUT2D eigenvalue weighted by Gasteiger charge is -2.32. The van der Waals surface area contributed by atoms with Crippen LogP contribution < -0.4 is 0 Å². The zero-order valence-corrected chi connectivity index (χ0v) is 7.29. The molecule has 0 radical (unpaired) electrons. The van der Waals surface area contributed by atoms with Gasteiger partial charge in [-0.05, 0) is 12.8 Å². The van der Waals surface area contributed by atoms with Crippen LogP contribution in [0.4, 0.5) is 0 Å². The van der Waals surface area contributed by atoms with Gasteiger partial charge in [-0.3, -0.25) is 0 Å². The molecule has 0 aromatic rings. The number of morpholine rings is 1. The lowest BCUT2D eigenvalue weighted by atomic mass is 10.2. The average molecular weight is 169 g/mol. The molecule has 0 N–H and O–H groups in total. The van der Waals surface area contributed by atoms with Gasteiger partial charge in [-0.15, -0.1) is 0 Å². The molecule has 0 aliphatic carbocycles. The Morgan fingerprint density at radius 1 is 1.17 bits per heavy atom. The van der Waals surface area contributed by atoms with Crippen LogP contribution in [0.3, 0.4) is 0 Å². The molecule has 0 saturated carbocycles. The third-order valence-corrected chi connectivity index (χ3v) is 2.33. The van der Waals surface area contributed by atoms with Gasteiger partial charge in [0.2, 0.25) is 0 Å². The summed E-state index contributed by atoms with van der Waals surface area (Å²) in [4.78, 5) is 2.36. The summed E-state index contributed by atoms with van der Waals surface area (Å²) < 4.78 is 10.6. The minimum atomic E-state index is 0.858. The Labute approximate surface area is 72.9 Å². The van der Waals surface area contributed by atoms with Gasteiger partial charge in [0.1, 0.15) is 6.26 Å². The molecule has 12 heavy (non-hydrogen) atoms. The summed E-state index contributed by atoms with van der Waals surface area (Å²) in [6, 6.07) is 0. The molecular formula is C9H15NO2. The first-order valence-corrected chi connectivity index (χ1v) is 4.60. The summed E-state index contributed by atoms with van der Waals surface area (Å²) >= 11 is 0. The van der Waals surface area contributed by atoms with Gasteiger partial charge in [-0.1, -0.05) is 0 Å². The molecule has 2 heterocycles. The predicted octanol–water partition coefficient (Wildman–Crippen LogP) is 0.970. The first-order chi connectivity index (χ1) is 5.97. The van der Waals surface area contributed by atoms with Crippen molar-refractivity contribution in [3.05, 3.63) is 12.0 Å². The van der Waals surface area contributed by atoms with Crippen molar-refractivity contribution >= 4 is 0 Å². The van der Waals surface area contributed by atoms with Crippen molar-refractivity contribution in [1.82, 2.24) is 4.90 Å². The van der Waals surface area contributed by atoms with Crippen LogP contribution >= 0.6 is 0 Å². The van der Waals surface area contributed by atoms with Crippen LogP contribution in [0.5, 0.6) is 0 Å². The maximum atomic E-state index is 5.29. The van der Waals surface area contributed by atoms with E-state index >= 15 is 0 Å². The first-order valence-electron chi connectivity index (χ1n) is 4.60. The standard InChI is InChI=1S/C9H15NO2/c1-2-9(8-12-5-1)10-3-6-11-7-4-10/h8H,1-7H2. The van der Waals surface area contributed by atoms with E-state index in [0.29, 0.717) is 0 Å². The van der Waals surface area contributed by atoms with Crippen LogP contribution in [0, 0.1) is 0 Å². The number of hydrogen-bond acceptors (Lipinski definition) is 3. The van der Waals surface area contributed by atoms with Crippen molar-refractivity contribution in [1.29, 1.82) is 0 Å². The van der Waals surface area contributed by atoms with Gasteiger partial charge < -0.3 is 14.4 Å². The zero-order chi connectivity index (χ0) is 8.23. The molecule has 0 aromatic carbocycles. The Balaban J connectivity index is 1.92. The Kier molecular flexibility index (Phi) is 2.51. The van der Waals surface area contributed by atoms with Crippen LogP contribution in [0.1, 0.15) is 12.8 Å². The van der Waals surface area contributed by atoms with Gasteiger partial charge >= 0.3 is 0 Å². The van der Waals surface area contributed by atoms with E-state index in [4.69, 9.17) is 9.47 Å². The van der Waals surface area contributed by atoms with Crippen LogP contribution in [0.15, 0.2) is 12.0 Å². The molecule has 0 aromatic heterocycles. The highest BCUT2D eigenvalue weighted by atomic mass is 16.5. The molecule has 68 valence electrons. The molecule has 1 saturated heterocycles. The zero-order valence-electron chi connectivity index (χ0n) is 7.29. The van der Waals surface area contributed by atoms with Crippen molar-refractivity contribution in [3.8, 4) is 0 Å². The summed E-state index contributed by atoms with van der Waals surface area (Å²) in [5.74, 6) is 0. The molecule has 0 bridgehead atoms. The molecule has 1 fully saturated rings. The third kappa shape index (κ3) is 1.72. The minimum absolute atomic E-state index is 0.858. The largest absolute Gasteiger partial charge is 0.499 e. The third-order valence-electron chi connectivity index (χ3n) is 2.33. The molecule has 0 spiro atoms. The maximum absolute atomic E-state index is 5.29. The highest BCUT2D eigenvalue weighted by Gasteiger charge is 2.15. The Bertz CT molecular complexity index is 173. The molecule has 2 aliphatic heterocycles. The number of ether oxygens (including phenoxy) is 2. The molecule has 0 unspecified atom stereocenters. The van der Waals surface area contributed by atoms with Crippen LogP contribution in [-0.2, 0) is 9.47 Å². The number of nitrogens with zero attached hydrogens (tertiary/aromatic N) is 1. The number of allylic oxidation sites excluding steroid dienone is 1. The number of rotatable bonds is 1. The fourth-order valence-electron chi connectivity index (χ4n) is 1.63. The molecular weight excluding hydrogens is 154 g/mol. The SMILES string of the molecule is C1=C(N2CCOCC2)CCCO1. The van der Waals surface area contributed by atoms with E-state index in [2.05, 4.69) is 4.90 Å². The lowest BCUT2D eigenvalue weighted by molar-refractivity contribution is 0.0466. The molecule has 3 nitrogen and oxygen atoms in total. The molecule has 2 rings (SSSR count). The minimum Gasteiger partial charge on any atom is -0.499 e. The van der Waals surface area contributed by atoms with E-state index in [9.17, 15) is 0 Å². The molecule has 3 heteroatoms. The second-order valence-electron chi connectivity index (χ2n) is 3.18. The predicted molar refractivity (Wildman–Crippen MR) is 45.7 cm³/mol. The number of hydrogen-bond donors (Lipinski definition) is 0. The molecule has 0 amide bonds. The van der Waals surface area contributed by atoms with Crippen molar-refractivity contribution in [2.75, 3.05) is 32.9 Å². The Morgan fingerprint density at radius 2 is 2.00 bits per heavy atom. The lowest BCUT2D eigenvalue weighted by Crippen LogP contribution is -2.36. The van der Waals surface area contributed by atoms with Gasteiger partial charge in [0.15, 0.2) is 0 Å². The van der Waals surface area contributed by atoms with Crippen molar-refractivity contribution in [3.63, 3.8) is 0 Å². The van der Waals surface area contributed by atoms with Crippen molar-refractivity contribution in [2.24, 2.45) is 0 Å². The topological polar surface area (TPSA) is 21.7 Å². The van der Waals surface area contributed by atoms with E-state index < -0.39 is 0 Å². The summed E-state index contributed by atoms with van der Waals surface area (Å²) in [5, 5.41) is 0. The fourth-order valence-corrected chi connectivity index (χ4v) is 1.63. The van der Waals surface area contributed by atoms with E-state index in [0.717, 1.165) is 39.3 Å². The summed E-state index contributed by atoms with van der Waals surface area (Å²) in [6.45, 7) is 4.65. The van der Waals surface area contributed by atoms with E-state index in [1.54, 1.807) is 0 Å². The Morgan fingerprint density at radius 3 is 2.67 bits per heavy atom. The fraction of sp³-hybridized carbons (Fsp3) is 0.778. The van der Waals surface area contributed by atoms with E-state index in [-0.39, 0.29) is 0 Å². The summed E-state index contributed by atoms with van der Waals surface area (Å²) in [7, 11) is 0. The van der Waals surface area contributed by atoms with Gasteiger partial charge in [0.25, 0.3) is 0 Å². The van der Waals surface area contributed by atoms with Crippen molar-refractivity contribution in [2.45, 2.75) is 12.8 Å². The monoisotopic (exact) mass is 169 g/mol. The summed E-state index contributed by atoms with van der Waals surface area (Å²) in [6.07, 6.45) is 4.23. The quantitative estimate of drug-likeness (QED) is 0.584. The van der Waals surface area contributed by atoms with Gasteiger partial charge in [0.05, 0.1) is 19.8 Å².